The molecule has 1 heterocycles. The number of aromatic nitrogens is 3. The van der Waals surface area contributed by atoms with Crippen LogP contribution in [0.15, 0.2) is 53.7 Å². The molecule has 0 spiro atoms. The number of hydrogen-bond donors (Lipinski definition) is 1. The minimum atomic E-state index is -0.403. The number of benzene rings is 2. The van der Waals surface area contributed by atoms with E-state index in [-0.39, 0.29) is 18.2 Å². The van der Waals surface area contributed by atoms with Gasteiger partial charge in [0.1, 0.15) is 18.2 Å². The van der Waals surface area contributed by atoms with Crippen molar-refractivity contribution in [3.63, 3.8) is 0 Å². The van der Waals surface area contributed by atoms with Gasteiger partial charge in [-0.15, -0.1) is 10.2 Å². The maximum Gasteiger partial charge on any atom is 0.210 e. The smallest absolute Gasteiger partial charge is 0.210 e. The van der Waals surface area contributed by atoms with Crippen LogP contribution in [0.3, 0.4) is 0 Å². The Morgan fingerprint density at radius 3 is 2.54 bits per heavy atom. The van der Waals surface area contributed by atoms with Crippen molar-refractivity contribution in [2.24, 2.45) is 0 Å². The monoisotopic (exact) mass is 378 g/mol. The molecule has 0 bridgehead atoms. The van der Waals surface area contributed by atoms with Gasteiger partial charge in [-0.1, -0.05) is 23.9 Å². The molecule has 0 unspecified atom stereocenters. The molecule has 26 heavy (non-hydrogen) atoms. The maximum absolute atomic E-state index is 13.4. The lowest BCUT2D eigenvalue weighted by Crippen LogP contribution is -2.16. The van der Waals surface area contributed by atoms with Crippen molar-refractivity contribution in [3.05, 3.63) is 66.0 Å². The van der Waals surface area contributed by atoms with Gasteiger partial charge in [-0.05, 0) is 36.4 Å². The largest absolute Gasteiger partial charge is 0.490 e. The molecule has 2 aromatic carbocycles. The summed E-state index contributed by atoms with van der Waals surface area (Å²) in [6, 6.07) is 11.9. The molecule has 1 aromatic heterocycles. The predicted octanol–water partition coefficient (Wildman–Crippen LogP) is 3.02. The molecule has 2 N–H and O–H groups in total. The summed E-state index contributed by atoms with van der Waals surface area (Å²) >= 11 is 1.33. The fourth-order valence-corrected chi connectivity index (χ4v) is 2.72. The minimum absolute atomic E-state index is 0.0986. The van der Waals surface area contributed by atoms with Crippen LogP contribution in [0.25, 0.3) is 0 Å². The third-order valence-electron chi connectivity index (χ3n) is 3.33. The molecule has 0 aliphatic carbocycles. The first kappa shape index (κ1) is 18.0. The van der Waals surface area contributed by atoms with Crippen molar-refractivity contribution in [1.29, 1.82) is 0 Å². The Balaban J connectivity index is 1.47. The first-order valence-corrected chi connectivity index (χ1v) is 8.70. The number of ether oxygens (including phenoxy) is 2. The van der Waals surface area contributed by atoms with Crippen LogP contribution in [0.1, 0.15) is 5.82 Å². The third-order valence-corrected chi connectivity index (χ3v) is 4.23. The van der Waals surface area contributed by atoms with Gasteiger partial charge in [0.05, 0.1) is 6.61 Å². The molecule has 6 nitrogen and oxygen atoms in total. The van der Waals surface area contributed by atoms with Gasteiger partial charge in [-0.3, -0.25) is 0 Å². The molecule has 0 saturated heterocycles. The van der Waals surface area contributed by atoms with E-state index in [1.807, 2.05) is 0 Å². The molecule has 0 aliphatic heterocycles. The molecule has 136 valence electrons. The van der Waals surface area contributed by atoms with Crippen LogP contribution in [0.2, 0.25) is 0 Å². The molecule has 3 aromatic rings. The Morgan fingerprint density at radius 2 is 1.77 bits per heavy atom. The Labute approximate surface area is 152 Å². The average molecular weight is 378 g/mol. The summed E-state index contributed by atoms with van der Waals surface area (Å²) in [5.41, 5.74) is 0. The zero-order chi connectivity index (χ0) is 18.4. The zero-order valence-corrected chi connectivity index (χ0v) is 14.5. The van der Waals surface area contributed by atoms with Crippen molar-refractivity contribution < 1.29 is 18.3 Å². The highest BCUT2D eigenvalue weighted by molar-refractivity contribution is 7.99. The van der Waals surface area contributed by atoms with Gasteiger partial charge in [0.15, 0.2) is 17.4 Å². The average Bonchev–Trinajstić information content (AvgIpc) is 2.99. The van der Waals surface area contributed by atoms with Crippen LogP contribution in [0.4, 0.5) is 8.78 Å². The summed E-state index contributed by atoms with van der Waals surface area (Å²) in [7, 11) is 0. The van der Waals surface area contributed by atoms with Gasteiger partial charge in [-0.2, -0.15) is 0 Å². The second-order valence-electron chi connectivity index (χ2n) is 5.14. The van der Waals surface area contributed by atoms with Crippen LogP contribution in [-0.4, -0.2) is 27.2 Å². The van der Waals surface area contributed by atoms with E-state index in [9.17, 15) is 8.78 Å². The van der Waals surface area contributed by atoms with Crippen molar-refractivity contribution in [3.8, 4) is 11.5 Å². The number of nitrogens with zero attached hydrogens (tertiary/aromatic N) is 3. The fraction of sp³-hybridized carbons (Fsp3) is 0.176. The van der Waals surface area contributed by atoms with E-state index in [2.05, 4.69) is 10.2 Å². The van der Waals surface area contributed by atoms with E-state index in [1.165, 1.54) is 46.8 Å². The van der Waals surface area contributed by atoms with Gasteiger partial charge in [0.25, 0.3) is 0 Å². The van der Waals surface area contributed by atoms with Gasteiger partial charge in [0, 0.05) is 5.75 Å². The lowest BCUT2D eigenvalue weighted by molar-refractivity contribution is 0.291. The van der Waals surface area contributed by atoms with E-state index in [0.29, 0.717) is 29.1 Å². The summed E-state index contributed by atoms with van der Waals surface area (Å²) in [6.07, 6.45) is 0. The van der Waals surface area contributed by atoms with Crippen LogP contribution in [-0.2, 0) is 6.61 Å². The Kier molecular flexibility index (Phi) is 5.90. The highest BCUT2D eigenvalue weighted by Gasteiger charge is 2.11. The first-order valence-electron chi connectivity index (χ1n) is 7.71. The predicted molar refractivity (Wildman–Crippen MR) is 93.5 cm³/mol. The quantitative estimate of drug-likeness (QED) is 0.369. The number of hydrogen-bond acceptors (Lipinski definition) is 6. The van der Waals surface area contributed by atoms with E-state index in [1.54, 1.807) is 18.2 Å². The van der Waals surface area contributed by atoms with E-state index in [0.717, 1.165) is 0 Å². The maximum atomic E-state index is 13.4. The lowest BCUT2D eigenvalue weighted by atomic mass is 10.3. The van der Waals surface area contributed by atoms with Gasteiger partial charge in [-0.25, -0.2) is 13.5 Å². The topological polar surface area (TPSA) is 75.2 Å². The van der Waals surface area contributed by atoms with E-state index in [4.69, 9.17) is 15.3 Å². The molecule has 0 fully saturated rings. The van der Waals surface area contributed by atoms with Crippen LogP contribution >= 0.6 is 11.8 Å². The summed E-state index contributed by atoms with van der Waals surface area (Å²) in [5.74, 6) is 6.84. The summed E-state index contributed by atoms with van der Waals surface area (Å²) < 4.78 is 38.5. The molecular weight excluding hydrogens is 362 g/mol. The number of nitrogens with two attached hydrogens (primary N) is 1. The second kappa shape index (κ2) is 8.52. The summed E-state index contributed by atoms with van der Waals surface area (Å²) in [6.45, 7) is 0.390. The Bertz CT molecular complexity index is 858. The van der Waals surface area contributed by atoms with Crippen molar-refractivity contribution in [2.75, 3.05) is 18.2 Å². The first-order chi connectivity index (χ1) is 12.6. The molecular formula is C17H16F2N4O2S. The summed E-state index contributed by atoms with van der Waals surface area (Å²) in [5, 5.41) is 8.44. The summed E-state index contributed by atoms with van der Waals surface area (Å²) in [4.78, 5) is 0. The normalized spacial score (nSPS) is 10.7. The lowest BCUT2D eigenvalue weighted by Gasteiger charge is -2.07. The van der Waals surface area contributed by atoms with Crippen LogP contribution in [0, 0.1) is 11.6 Å². The van der Waals surface area contributed by atoms with Gasteiger partial charge < -0.3 is 15.3 Å². The van der Waals surface area contributed by atoms with Crippen molar-refractivity contribution >= 4 is 11.8 Å². The molecule has 0 amide bonds. The molecule has 0 saturated carbocycles. The van der Waals surface area contributed by atoms with Crippen LogP contribution < -0.4 is 15.3 Å². The minimum Gasteiger partial charge on any atom is -0.490 e. The second-order valence-corrected chi connectivity index (χ2v) is 6.20. The third kappa shape index (κ3) is 4.63. The van der Waals surface area contributed by atoms with Gasteiger partial charge in [0.2, 0.25) is 5.16 Å². The number of thioether (sulfide) groups is 1. The number of halogens is 2. The number of para-hydroxylation sites is 1. The van der Waals surface area contributed by atoms with Crippen molar-refractivity contribution in [2.45, 2.75) is 11.8 Å². The van der Waals surface area contributed by atoms with E-state index >= 15 is 0 Å². The SMILES string of the molecule is Nn1c(COc2ccc(F)cc2)nnc1SCCOc1ccccc1F. The van der Waals surface area contributed by atoms with Crippen molar-refractivity contribution in [1.82, 2.24) is 14.9 Å². The Hall–Kier alpha value is -2.81. The van der Waals surface area contributed by atoms with Gasteiger partial charge >= 0.3 is 0 Å². The molecule has 9 heteroatoms. The molecule has 0 atom stereocenters. The molecule has 0 aliphatic rings. The number of rotatable bonds is 8. The highest BCUT2D eigenvalue weighted by atomic mass is 32.2. The fourth-order valence-electron chi connectivity index (χ4n) is 2.03. The molecule has 0 radical (unpaired) electrons. The zero-order valence-electron chi connectivity index (χ0n) is 13.6. The number of nitrogen functional groups attached to an aromatic ring is 1. The van der Waals surface area contributed by atoms with E-state index < -0.39 is 5.82 Å². The van der Waals surface area contributed by atoms with Crippen LogP contribution in [0.5, 0.6) is 11.5 Å². The molecule has 3 rings (SSSR count). The standard InChI is InChI=1S/C17H16F2N4O2S/c18-12-5-7-13(8-6-12)25-11-16-21-22-17(23(16)20)26-10-9-24-15-4-2-1-3-14(15)19/h1-8H,9-11,20H2. The highest BCUT2D eigenvalue weighted by Crippen LogP contribution is 2.19. The Morgan fingerprint density at radius 1 is 1.00 bits per heavy atom.